The molecule has 0 radical (unpaired) electrons. The molecule has 82 valence electrons. The van der Waals surface area contributed by atoms with Gasteiger partial charge in [0, 0.05) is 0 Å². The Morgan fingerprint density at radius 2 is 1.93 bits per heavy atom. The van der Waals surface area contributed by atoms with Crippen molar-refractivity contribution in [3.8, 4) is 0 Å². The smallest absolute Gasteiger partial charge is 0.0844 e. The highest BCUT2D eigenvalue weighted by Crippen LogP contribution is 2.36. The van der Waals surface area contributed by atoms with E-state index in [1.807, 2.05) is 0 Å². The summed E-state index contributed by atoms with van der Waals surface area (Å²) in [7, 11) is 0. The van der Waals surface area contributed by atoms with E-state index in [0.29, 0.717) is 5.92 Å². The summed E-state index contributed by atoms with van der Waals surface area (Å²) in [6.07, 6.45) is 1.19. The van der Waals surface area contributed by atoms with Gasteiger partial charge in [0.25, 0.3) is 0 Å². The van der Waals surface area contributed by atoms with E-state index in [2.05, 4.69) is 50.7 Å². The van der Waals surface area contributed by atoms with Gasteiger partial charge in [-0.25, -0.2) is 0 Å². The molecule has 1 atom stereocenters. The normalized spacial score (nSPS) is 20.7. The number of hydrogen-bond donors (Lipinski definition) is 1. The van der Waals surface area contributed by atoms with Crippen molar-refractivity contribution in [2.24, 2.45) is 0 Å². The lowest BCUT2D eigenvalue weighted by atomic mass is 9.92. The van der Waals surface area contributed by atoms with Crippen molar-refractivity contribution < 1.29 is 4.74 Å². The average molecular weight is 222 g/mol. The van der Waals surface area contributed by atoms with E-state index in [4.69, 9.17) is 4.74 Å². The zero-order chi connectivity index (χ0) is 10.9. The molecule has 1 aromatic carbocycles. The maximum absolute atomic E-state index is 5.21. The van der Waals surface area contributed by atoms with Crippen LogP contribution >= 0.6 is 12.6 Å². The first-order valence-electron chi connectivity index (χ1n) is 5.56. The van der Waals surface area contributed by atoms with Crippen LogP contribution in [-0.2, 0) is 9.48 Å². The summed E-state index contributed by atoms with van der Waals surface area (Å²) < 4.78 is 5.18. The molecule has 1 fully saturated rings. The summed E-state index contributed by atoms with van der Waals surface area (Å²) >= 11 is 4.65. The molecule has 0 aliphatic carbocycles. The molecule has 1 nitrogen and oxygen atoms in total. The van der Waals surface area contributed by atoms with E-state index in [0.717, 1.165) is 13.2 Å². The fraction of sp³-hybridized carbons (Fsp3) is 0.538. The van der Waals surface area contributed by atoms with Gasteiger partial charge in [0.1, 0.15) is 0 Å². The third-order valence-electron chi connectivity index (χ3n) is 3.31. The topological polar surface area (TPSA) is 9.23 Å². The van der Waals surface area contributed by atoms with Gasteiger partial charge in [-0.2, -0.15) is 12.6 Å². The summed E-state index contributed by atoms with van der Waals surface area (Å²) in [5, 5.41) is 0. The van der Waals surface area contributed by atoms with E-state index in [1.54, 1.807) is 0 Å². The quantitative estimate of drug-likeness (QED) is 0.772. The Kier molecular flexibility index (Phi) is 3.08. The Balaban J connectivity index is 2.17. The van der Waals surface area contributed by atoms with Crippen molar-refractivity contribution in [2.45, 2.75) is 30.9 Å². The van der Waals surface area contributed by atoms with Crippen LogP contribution in [0.25, 0.3) is 0 Å². The summed E-state index contributed by atoms with van der Waals surface area (Å²) in [6.45, 7) is 5.95. The SMILES string of the molecule is CCC(C)c1ccc(C2(S)COC2)cc1. The van der Waals surface area contributed by atoms with E-state index in [9.17, 15) is 0 Å². The highest BCUT2D eigenvalue weighted by atomic mass is 32.1. The van der Waals surface area contributed by atoms with Crippen LogP contribution in [0, 0.1) is 0 Å². The Morgan fingerprint density at radius 1 is 1.33 bits per heavy atom. The molecule has 0 spiro atoms. The van der Waals surface area contributed by atoms with E-state index in [1.165, 1.54) is 17.5 Å². The van der Waals surface area contributed by atoms with Gasteiger partial charge in [0.05, 0.1) is 18.0 Å². The standard InChI is InChI=1S/C13H18OS/c1-3-10(2)11-4-6-12(7-5-11)13(15)8-14-9-13/h4-7,10,15H,3,8-9H2,1-2H3. The number of thiol groups is 1. The van der Waals surface area contributed by atoms with Gasteiger partial charge >= 0.3 is 0 Å². The van der Waals surface area contributed by atoms with Crippen molar-refractivity contribution in [2.75, 3.05) is 13.2 Å². The van der Waals surface area contributed by atoms with Crippen molar-refractivity contribution >= 4 is 12.6 Å². The lowest BCUT2D eigenvalue weighted by Gasteiger charge is -2.37. The average Bonchev–Trinajstić information content (AvgIpc) is 2.25. The molecule has 2 heteroatoms. The maximum atomic E-state index is 5.21. The van der Waals surface area contributed by atoms with Crippen molar-refractivity contribution in [1.82, 2.24) is 0 Å². The molecule has 1 heterocycles. The first-order valence-corrected chi connectivity index (χ1v) is 6.01. The zero-order valence-corrected chi connectivity index (χ0v) is 10.3. The number of ether oxygens (including phenoxy) is 1. The molecule has 1 saturated heterocycles. The molecule has 0 aromatic heterocycles. The van der Waals surface area contributed by atoms with Crippen molar-refractivity contribution in [3.05, 3.63) is 35.4 Å². The van der Waals surface area contributed by atoms with E-state index in [-0.39, 0.29) is 4.75 Å². The van der Waals surface area contributed by atoms with Crippen LogP contribution in [-0.4, -0.2) is 13.2 Å². The Hall–Kier alpha value is -0.470. The minimum absolute atomic E-state index is 0.0337. The Bertz CT molecular complexity index is 327. The summed E-state index contributed by atoms with van der Waals surface area (Å²) in [6, 6.07) is 8.83. The molecule has 0 bridgehead atoms. The first-order chi connectivity index (χ1) is 7.15. The Morgan fingerprint density at radius 3 is 2.33 bits per heavy atom. The first kappa shape index (κ1) is 11.0. The van der Waals surface area contributed by atoms with Crippen LogP contribution in [0.5, 0.6) is 0 Å². The van der Waals surface area contributed by atoms with Gasteiger partial charge in [-0.1, -0.05) is 38.1 Å². The third-order valence-corrected chi connectivity index (χ3v) is 3.83. The van der Waals surface area contributed by atoms with Crippen LogP contribution in [0.3, 0.4) is 0 Å². The molecule has 15 heavy (non-hydrogen) atoms. The predicted molar refractivity (Wildman–Crippen MR) is 66.6 cm³/mol. The third kappa shape index (κ3) is 2.06. The van der Waals surface area contributed by atoms with Gasteiger partial charge < -0.3 is 4.74 Å². The van der Waals surface area contributed by atoms with Crippen molar-refractivity contribution in [1.29, 1.82) is 0 Å². The molecular formula is C13H18OS. The second kappa shape index (κ2) is 4.18. The summed E-state index contributed by atoms with van der Waals surface area (Å²) in [5.74, 6) is 0.646. The van der Waals surface area contributed by atoms with Gasteiger partial charge in [-0.15, -0.1) is 0 Å². The number of hydrogen-bond acceptors (Lipinski definition) is 2. The van der Waals surface area contributed by atoms with Crippen LogP contribution in [0.4, 0.5) is 0 Å². The molecule has 0 saturated carbocycles. The van der Waals surface area contributed by atoms with Crippen LogP contribution in [0.1, 0.15) is 37.3 Å². The molecule has 0 amide bonds. The second-order valence-corrected chi connectivity index (χ2v) is 5.31. The van der Waals surface area contributed by atoms with Crippen LogP contribution < -0.4 is 0 Å². The molecule has 1 aromatic rings. The van der Waals surface area contributed by atoms with Gasteiger partial charge in [0.2, 0.25) is 0 Å². The fourth-order valence-corrected chi connectivity index (χ4v) is 2.15. The number of benzene rings is 1. The summed E-state index contributed by atoms with van der Waals surface area (Å²) in [5.41, 5.74) is 2.70. The lowest BCUT2D eigenvalue weighted by Crippen LogP contribution is -2.41. The van der Waals surface area contributed by atoms with Gasteiger partial charge in [0.15, 0.2) is 0 Å². The number of rotatable bonds is 3. The van der Waals surface area contributed by atoms with Crippen LogP contribution in [0.2, 0.25) is 0 Å². The van der Waals surface area contributed by atoms with E-state index < -0.39 is 0 Å². The Labute approximate surface area is 97.2 Å². The van der Waals surface area contributed by atoms with Gasteiger partial charge in [-0.3, -0.25) is 0 Å². The lowest BCUT2D eigenvalue weighted by molar-refractivity contribution is -0.00969. The van der Waals surface area contributed by atoms with Gasteiger partial charge in [-0.05, 0) is 23.5 Å². The fourth-order valence-electron chi connectivity index (χ4n) is 1.82. The maximum Gasteiger partial charge on any atom is 0.0844 e. The molecule has 2 rings (SSSR count). The minimum atomic E-state index is -0.0337. The predicted octanol–water partition coefficient (Wildman–Crippen LogP) is 3.36. The highest BCUT2D eigenvalue weighted by Gasteiger charge is 2.36. The highest BCUT2D eigenvalue weighted by molar-refractivity contribution is 7.81. The second-order valence-electron chi connectivity index (χ2n) is 4.46. The summed E-state index contributed by atoms with van der Waals surface area (Å²) in [4.78, 5) is 0. The molecule has 1 unspecified atom stereocenters. The largest absolute Gasteiger partial charge is 0.378 e. The van der Waals surface area contributed by atoms with Crippen LogP contribution in [0.15, 0.2) is 24.3 Å². The minimum Gasteiger partial charge on any atom is -0.378 e. The molecular weight excluding hydrogens is 204 g/mol. The van der Waals surface area contributed by atoms with E-state index >= 15 is 0 Å². The molecule has 0 N–H and O–H groups in total. The zero-order valence-electron chi connectivity index (χ0n) is 9.36. The van der Waals surface area contributed by atoms with Crippen molar-refractivity contribution in [3.63, 3.8) is 0 Å². The molecule has 1 aliphatic heterocycles. The monoisotopic (exact) mass is 222 g/mol. The molecule has 1 aliphatic rings.